The number of amides is 1. The van der Waals surface area contributed by atoms with Crippen molar-refractivity contribution < 1.29 is 17.6 Å². The smallest absolute Gasteiger partial charge is 0.261 e. The Hall–Kier alpha value is -2.16. The van der Waals surface area contributed by atoms with Gasteiger partial charge in [-0.3, -0.25) is 9.52 Å². The highest BCUT2D eigenvalue weighted by Gasteiger charge is 2.18. The van der Waals surface area contributed by atoms with Gasteiger partial charge in [-0.1, -0.05) is 13.0 Å². The topological polar surface area (TPSA) is 87.3 Å². The molecule has 0 aliphatic carbocycles. The van der Waals surface area contributed by atoms with Crippen LogP contribution in [-0.2, 0) is 10.0 Å². The molecule has 0 heterocycles. The second-order valence-electron chi connectivity index (χ2n) is 5.70. The summed E-state index contributed by atoms with van der Waals surface area (Å²) < 4.78 is 40.4. The number of hydrogen-bond acceptors (Lipinski definition) is 4. The highest BCUT2D eigenvalue weighted by Crippen LogP contribution is 2.19. The molecule has 0 bridgehead atoms. The zero-order valence-electron chi connectivity index (χ0n) is 15.1. The van der Waals surface area contributed by atoms with Crippen LogP contribution < -0.4 is 15.4 Å². The van der Waals surface area contributed by atoms with Gasteiger partial charge in [-0.15, -0.1) is 12.4 Å². The first-order valence-corrected chi connectivity index (χ1v) is 9.70. The van der Waals surface area contributed by atoms with Crippen LogP contribution in [0.2, 0.25) is 0 Å². The number of benzene rings is 2. The zero-order valence-corrected chi connectivity index (χ0v) is 16.7. The Labute approximate surface area is 165 Å². The highest BCUT2D eigenvalue weighted by molar-refractivity contribution is 7.92. The van der Waals surface area contributed by atoms with Crippen LogP contribution >= 0.6 is 12.4 Å². The molecule has 2 aromatic carbocycles. The molecule has 0 saturated carbocycles. The fourth-order valence-electron chi connectivity index (χ4n) is 2.28. The molecule has 0 aliphatic heterocycles. The van der Waals surface area contributed by atoms with Gasteiger partial charge in [0, 0.05) is 24.3 Å². The molecular formula is C18H23ClFN3O3S. The van der Waals surface area contributed by atoms with E-state index >= 15 is 0 Å². The molecule has 3 N–H and O–H groups in total. The number of sulfonamides is 1. The Morgan fingerprint density at radius 1 is 1.07 bits per heavy atom. The lowest BCUT2D eigenvalue weighted by atomic mass is 10.1. The van der Waals surface area contributed by atoms with Gasteiger partial charge in [0.15, 0.2) is 0 Å². The molecule has 0 radical (unpaired) electrons. The first-order chi connectivity index (χ1) is 12.3. The quantitative estimate of drug-likeness (QED) is 0.578. The lowest BCUT2D eigenvalue weighted by molar-refractivity contribution is 0.0953. The second kappa shape index (κ2) is 10.2. The van der Waals surface area contributed by atoms with Crippen molar-refractivity contribution in [1.29, 1.82) is 0 Å². The number of rotatable bonds is 8. The third-order valence-electron chi connectivity index (χ3n) is 3.70. The SMILES string of the molecule is CCNCCNC(=O)c1cc(S(=O)(=O)Nc2ccc(F)cc2)ccc1C.Cl. The number of halogens is 2. The number of carbonyl (C=O) groups excluding carboxylic acids is 1. The van der Waals surface area contributed by atoms with Gasteiger partial charge >= 0.3 is 0 Å². The monoisotopic (exact) mass is 415 g/mol. The molecule has 0 aliphatic rings. The Balaban J connectivity index is 0.00000364. The molecule has 0 aromatic heterocycles. The van der Waals surface area contributed by atoms with Crippen LogP contribution in [0.5, 0.6) is 0 Å². The van der Waals surface area contributed by atoms with Crippen molar-refractivity contribution in [2.24, 2.45) is 0 Å². The van der Waals surface area contributed by atoms with Crippen molar-refractivity contribution in [3.05, 3.63) is 59.4 Å². The molecular weight excluding hydrogens is 393 g/mol. The van der Waals surface area contributed by atoms with Crippen LogP contribution in [0.1, 0.15) is 22.8 Å². The number of anilines is 1. The van der Waals surface area contributed by atoms with Crippen molar-refractivity contribution in [3.8, 4) is 0 Å². The third kappa shape index (κ3) is 6.50. The first kappa shape index (κ1) is 22.9. The maximum Gasteiger partial charge on any atom is 0.261 e. The summed E-state index contributed by atoms with van der Waals surface area (Å²) in [5, 5.41) is 5.84. The molecule has 9 heteroatoms. The number of hydrogen-bond donors (Lipinski definition) is 3. The van der Waals surface area contributed by atoms with Crippen LogP contribution in [0.15, 0.2) is 47.4 Å². The highest BCUT2D eigenvalue weighted by atomic mass is 35.5. The van der Waals surface area contributed by atoms with Gasteiger partial charge in [0.05, 0.1) is 4.90 Å². The molecule has 0 unspecified atom stereocenters. The van der Waals surface area contributed by atoms with Crippen LogP contribution in [0.3, 0.4) is 0 Å². The van der Waals surface area contributed by atoms with Gasteiger partial charge in [0.1, 0.15) is 5.82 Å². The van der Waals surface area contributed by atoms with E-state index in [-0.39, 0.29) is 28.9 Å². The van der Waals surface area contributed by atoms with Crippen molar-refractivity contribution in [3.63, 3.8) is 0 Å². The predicted molar refractivity (Wildman–Crippen MR) is 107 cm³/mol. The van der Waals surface area contributed by atoms with E-state index in [2.05, 4.69) is 15.4 Å². The van der Waals surface area contributed by atoms with E-state index < -0.39 is 15.8 Å². The van der Waals surface area contributed by atoms with E-state index in [1.807, 2.05) is 6.92 Å². The standard InChI is InChI=1S/C18H22FN3O3S.ClH/c1-3-20-10-11-21-18(23)17-12-16(9-4-13(17)2)26(24,25)22-15-7-5-14(19)6-8-15;/h4-9,12,20,22H,3,10-11H2,1-2H3,(H,21,23);1H. The fraction of sp³-hybridized carbons (Fsp3) is 0.278. The van der Waals surface area contributed by atoms with Crippen molar-refractivity contribution in [2.45, 2.75) is 18.7 Å². The number of carbonyl (C=O) groups is 1. The minimum atomic E-state index is -3.89. The lowest BCUT2D eigenvalue weighted by Crippen LogP contribution is -2.32. The molecule has 0 spiro atoms. The van der Waals surface area contributed by atoms with Crippen LogP contribution in [0.4, 0.5) is 10.1 Å². The molecule has 1 amide bonds. The average molecular weight is 416 g/mol. The molecule has 0 saturated heterocycles. The maximum atomic E-state index is 13.0. The third-order valence-corrected chi connectivity index (χ3v) is 5.08. The summed E-state index contributed by atoms with van der Waals surface area (Å²) in [5.41, 5.74) is 1.21. The molecule has 27 heavy (non-hydrogen) atoms. The van der Waals surface area contributed by atoms with E-state index in [1.54, 1.807) is 13.0 Å². The van der Waals surface area contributed by atoms with Gasteiger partial charge < -0.3 is 10.6 Å². The summed E-state index contributed by atoms with van der Waals surface area (Å²) in [7, 11) is -3.89. The molecule has 0 fully saturated rings. The van der Waals surface area contributed by atoms with Gasteiger partial charge in [-0.05, 0) is 55.4 Å². The molecule has 2 aromatic rings. The summed E-state index contributed by atoms with van der Waals surface area (Å²) in [6.07, 6.45) is 0. The summed E-state index contributed by atoms with van der Waals surface area (Å²) in [5.74, 6) is -0.793. The van der Waals surface area contributed by atoms with Gasteiger partial charge in [0.2, 0.25) is 0 Å². The summed E-state index contributed by atoms with van der Waals surface area (Å²) in [6, 6.07) is 9.33. The molecule has 6 nitrogen and oxygen atoms in total. The van der Waals surface area contributed by atoms with Crippen LogP contribution in [-0.4, -0.2) is 34.0 Å². The van der Waals surface area contributed by atoms with Crippen molar-refractivity contribution in [1.82, 2.24) is 10.6 Å². The van der Waals surface area contributed by atoms with Crippen LogP contribution in [0, 0.1) is 12.7 Å². The number of aryl methyl sites for hydroxylation is 1. The molecule has 148 valence electrons. The van der Waals surface area contributed by atoms with E-state index in [0.29, 0.717) is 24.2 Å². The van der Waals surface area contributed by atoms with Crippen molar-refractivity contribution >= 4 is 34.0 Å². The summed E-state index contributed by atoms with van der Waals surface area (Å²) in [6.45, 7) is 5.58. The largest absolute Gasteiger partial charge is 0.351 e. The minimum absolute atomic E-state index is 0. The maximum absolute atomic E-state index is 13.0. The Bertz CT molecular complexity index is 874. The van der Waals surface area contributed by atoms with Crippen molar-refractivity contribution in [2.75, 3.05) is 24.4 Å². The van der Waals surface area contributed by atoms with E-state index in [4.69, 9.17) is 0 Å². The van der Waals surface area contributed by atoms with Gasteiger partial charge in [0.25, 0.3) is 15.9 Å². The first-order valence-electron chi connectivity index (χ1n) is 8.21. The molecule has 0 atom stereocenters. The fourth-order valence-corrected chi connectivity index (χ4v) is 3.37. The summed E-state index contributed by atoms with van der Waals surface area (Å²) in [4.78, 5) is 12.3. The van der Waals surface area contributed by atoms with Gasteiger partial charge in [-0.25, -0.2) is 12.8 Å². The van der Waals surface area contributed by atoms with E-state index in [9.17, 15) is 17.6 Å². The van der Waals surface area contributed by atoms with Crippen LogP contribution in [0.25, 0.3) is 0 Å². The Morgan fingerprint density at radius 2 is 1.74 bits per heavy atom. The Kier molecular flexibility index (Phi) is 8.68. The van der Waals surface area contributed by atoms with E-state index in [0.717, 1.165) is 18.7 Å². The van der Waals surface area contributed by atoms with Gasteiger partial charge in [-0.2, -0.15) is 0 Å². The Morgan fingerprint density at radius 3 is 2.37 bits per heavy atom. The minimum Gasteiger partial charge on any atom is -0.351 e. The zero-order chi connectivity index (χ0) is 19.2. The molecule has 2 rings (SSSR count). The summed E-state index contributed by atoms with van der Waals surface area (Å²) >= 11 is 0. The number of nitrogens with one attached hydrogen (secondary N) is 3. The number of likely N-dealkylation sites (N-methyl/N-ethyl adjacent to an activating group) is 1. The predicted octanol–water partition coefficient (Wildman–Crippen LogP) is 2.70. The second-order valence-corrected chi connectivity index (χ2v) is 7.38. The lowest BCUT2D eigenvalue weighted by Gasteiger charge is -2.12. The normalized spacial score (nSPS) is 10.8. The average Bonchev–Trinajstić information content (AvgIpc) is 2.60. The van der Waals surface area contributed by atoms with E-state index in [1.165, 1.54) is 24.3 Å².